The van der Waals surface area contributed by atoms with E-state index >= 15 is 0 Å². The highest BCUT2D eigenvalue weighted by atomic mass is 19.1. The second kappa shape index (κ2) is 17.8. The third-order valence-electron chi connectivity index (χ3n) is 6.86. The van der Waals surface area contributed by atoms with Crippen LogP contribution in [-0.4, -0.2) is 19.0 Å². The lowest BCUT2D eigenvalue weighted by Crippen LogP contribution is -1.97. The highest BCUT2D eigenvalue weighted by molar-refractivity contribution is 6.06. The molecule has 0 atom stereocenters. The quantitative estimate of drug-likeness (QED) is 0.0859. The van der Waals surface area contributed by atoms with Gasteiger partial charge in [-0.25, -0.2) is 4.39 Å². The van der Waals surface area contributed by atoms with E-state index in [2.05, 4.69) is 18.7 Å². The minimum Gasteiger partial charge on any atom is -0.494 e. The standard InChI is InChI=1S/C36H43FO3/c1-29(2)31-18-24-35(25-19-31)40-28-12-10-8-6-4-3-5-7-9-11-27-39-34-22-13-30(14-23-34)15-26-36(38)32-16-20-33(37)21-17-32/h13-26H,1,3-12,27-28H2,2H3/b26-15+. The predicted octanol–water partition coefficient (Wildman–Crippen LogP) is 10.1. The number of allylic oxidation sites excluding steroid dienone is 2. The molecule has 0 spiro atoms. The maximum atomic E-state index is 13.0. The summed E-state index contributed by atoms with van der Waals surface area (Å²) in [5, 5.41) is 0. The molecule has 3 aromatic rings. The van der Waals surface area contributed by atoms with Crippen LogP contribution in [0.25, 0.3) is 11.6 Å². The van der Waals surface area contributed by atoms with Crippen LogP contribution in [-0.2, 0) is 0 Å². The number of ketones is 1. The zero-order chi connectivity index (χ0) is 28.4. The topological polar surface area (TPSA) is 35.5 Å². The maximum Gasteiger partial charge on any atom is 0.185 e. The summed E-state index contributed by atoms with van der Waals surface area (Å²) in [7, 11) is 0. The first kappa shape index (κ1) is 30.9. The molecular formula is C36H43FO3. The van der Waals surface area contributed by atoms with Gasteiger partial charge in [-0.2, -0.15) is 0 Å². The lowest BCUT2D eigenvalue weighted by atomic mass is 10.1. The Morgan fingerprint density at radius 3 is 1.55 bits per heavy atom. The molecule has 0 saturated heterocycles. The summed E-state index contributed by atoms with van der Waals surface area (Å²) in [6.07, 6.45) is 15.6. The van der Waals surface area contributed by atoms with Crippen LogP contribution in [0.2, 0.25) is 0 Å². The molecule has 0 amide bonds. The van der Waals surface area contributed by atoms with Crippen molar-refractivity contribution in [3.63, 3.8) is 0 Å². The van der Waals surface area contributed by atoms with Crippen molar-refractivity contribution < 1.29 is 18.7 Å². The van der Waals surface area contributed by atoms with Gasteiger partial charge >= 0.3 is 0 Å². The molecule has 0 saturated carbocycles. The molecule has 212 valence electrons. The van der Waals surface area contributed by atoms with E-state index in [0.717, 1.165) is 54.3 Å². The van der Waals surface area contributed by atoms with E-state index in [0.29, 0.717) is 5.56 Å². The lowest BCUT2D eigenvalue weighted by molar-refractivity contribution is 0.104. The van der Waals surface area contributed by atoms with Gasteiger partial charge in [-0.1, -0.05) is 93.9 Å². The normalized spacial score (nSPS) is 11.1. The Morgan fingerprint density at radius 1 is 0.650 bits per heavy atom. The van der Waals surface area contributed by atoms with Crippen LogP contribution >= 0.6 is 0 Å². The van der Waals surface area contributed by atoms with Gasteiger partial charge in [0.2, 0.25) is 0 Å². The molecule has 0 unspecified atom stereocenters. The van der Waals surface area contributed by atoms with Gasteiger partial charge in [-0.3, -0.25) is 4.79 Å². The van der Waals surface area contributed by atoms with E-state index in [1.807, 2.05) is 43.3 Å². The monoisotopic (exact) mass is 542 g/mol. The molecule has 3 nitrogen and oxygen atoms in total. The lowest BCUT2D eigenvalue weighted by Gasteiger charge is -2.07. The van der Waals surface area contributed by atoms with Gasteiger partial charge in [0.25, 0.3) is 0 Å². The van der Waals surface area contributed by atoms with Crippen LogP contribution in [0.5, 0.6) is 11.5 Å². The van der Waals surface area contributed by atoms with Crippen molar-refractivity contribution in [2.75, 3.05) is 13.2 Å². The van der Waals surface area contributed by atoms with Crippen molar-refractivity contribution in [2.45, 2.75) is 71.1 Å². The SMILES string of the molecule is C=C(C)c1ccc(OCCCCCCCCCCCCOc2ccc(/C=C/C(=O)c3ccc(F)cc3)cc2)cc1. The first-order valence-electron chi connectivity index (χ1n) is 14.6. The fourth-order valence-electron chi connectivity index (χ4n) is 4.39. The van der Waals surface area contributed by atoms with Crippen molar-refractivity contribution in [3.8, 4) is 11.5 Å². The molecule has 0 heterocycles. The molecule has 0 bridgehead atoms. The summed E-state index contributed by atoms with van der Waals surface area (Å²) in [5.41, 5.74) is 3.62. The summed E-state index contributed by atoms with van der Waals surface area (Å²) in [5.74, 6) is 1.28. The van der Waals surface area contributed by atoms with Crippen molar-refractivity contribution >= 4 is 17.4 Å². The van der Waals surface area contributed by atoms with Gasteiger partial charge in [-0.15, -0.1) is 0 Å². The van der Waals surface area contributed by atoms with Gasteiger partial charge in [-0.05, 0) is 85.5 Å². The zero-order valence-corrected chi connectivity index (χ0v) is 23.9. The van der Waals surface area contributed by atoms with E-state index in [-0.39, 0.29) is 11.6 Å². The zero-order valence-electron chi connectivity index (χ0n) is 23.9. The first-order chi connectivity index (χ1) is 19.5. The number of ether oxygens (including phenoxy) is 2. The number of rotatable bonds is 19. The Balaban J connectivity index is 1.13. The number of unbranched alkanes of at least 4 members (excludes halogenated alkanes) is 9. The Labute approximate surface area is 239 Å². The highest BCUT2D eigenvalue weighted by Crippen LogP contribution is 2.18. The number of carbonyl (C=O) groups is 1. The van der Waals surface area contributed by atoms with Gasteiger partial charge in [0.1, 0.15) is 17.3 Å². The third kappa shape index (κ3) is 12.0. The maximum absolute atomic E-state index is 13.0. The first-order valence-corrected chi connectivity index (χ1v) is 14.6. The van der Waals surface area contributed by atoms with E-state index in [9.17, 15) is 9.18 Å². The number of hydrogen-bond acceptors (Lipinski definition) is 3. The molecular weight excluding hydrogens is 499 g/mol. The molecule has 0 fully saturated rings. The van der Waals surface area contributed by atoms with Crippen molar-refractivity contribution in [2.24, 2.45) is 0 Å². The summed E-state index contributed by atoms with van der Waals surface area (Å²) in [6, 6.07) is 21.5. The second-order valence-corrected chi connectivity index (χ2v) is 10.3. The van der Waals surface area contributed by atoms with Crippen LogP contribution in [0.4, 0.5) is 4.39 Å². The molecule has 4 heteroatoms. The Bertz CT molecular complexity index is 1180. The smallest absolute Gasteiger partial charge is 0.185 e. The molecule has 0 aliphatic carbocycles. The van der Waals surface area contributed by atoms with Gasteiger partial charge in [0, 0.05) is 5.56 Å². The van der Waals surface area contributed by atoms with Crippen molar-refractivity contribution in [3.05, 3.63) is 108 Å². The minimum absolute atomic E-state index is 0.150. The second-order valence-electron chi connectivity index (χ2n) is 10.3. The van der Waals surface area contributed by atoms with Gasteiger partial charge < -0.3 is 9.47 Å². The van der Waals surface area contributed by atoms with Crippen LogP contribution < -0.4 is 9.47 Å². The van der Waals surface area contributed by atoms with E-state index in [4.69, 9.17) is 9.47 Å². The van der Waals surface area contributed by atoms with Crippen LogP contribution in [0.1, 0.15) is 92.6 Å². The summed E-state index contributed by atoms with van der Waals surface area (Å²) < 4.78 is 24.7. The number of hydrogen-bond donors (Lipinski definition) is 0. The van der Waals surface area contributed by atoms with Crippen molar-refractivity contribution in [1.29, 1.82) is 0 Å². The van der Waals surface area contributed by atoms with E-state index < -0.39 is 0 Å². The Morgan fingerprint density at radius 2 is 1.07 bits per heavy atom. The summed E-state index contributed by atoms with van der Waals surface area (Å²) >= 11 is 0. The average Bonchev–Trinajstić information content (AvgIpc) is 2.97. The van der Waals surface area contributed by atoms with Crippen molar-refractivity contribution in [1.82, 2.24) is 0 Å². The van der Waals surface area contributed by atoms with Gasteiger partial charge in [0.15, 0.2) is 5.78 Å². The molecule has 3 aromatic carbocycles. The molecule has 0 radical (unpaired) electrons. The van der Waals surface area contributed by atoms with E-state index in [1.54, 1.807) is 6.08 Å². The largest absolute Gasteiger partial charge is 0.494 e. The highest BCUT2D eigenvalue weighted by Gasteiger charge is 2.02. The number of halogens is 1. The van der Waals surface area contributed by atoms with Crippen LogP contribution in [0.15, 0.2) is 85.5 Å². The Hall–Kier alpha value is -3.66. The summed E-state index contributed by atoms with van der Waals surface area (Å²) in [4.78, 5) is 12.2. The Kier molecular flexibility index (Phi) is 13.8. The molecule has 40 heavy (non-hydrogen) atoms. The molecule has 0 aliphatic heterocycles. The molecule has 0 aromatic heterocycles. The van der Waals surface area contributed by atoms with Crippen LogP contribution in [0, 0.1) is 5.82 Å². The van der Waals surface area contributed by atoms with E-state index in [1.165, 1.54) is 81.7 Å². The molecule has 0 N–H and O–H groups in total. The number of benzene rings is 3. The summed E-state index contributed by atoms with van der Waals surface area (Å²) in [6.45, 7) is 7.49. The predicted molar refractivity (Wildman–Crippen MR) is 165 cm³/mol. The minimum atomic E-state index is -0.349. The number of carbonyl (C=O) groups excluding carboxylic acids is 1. The fourth-order valence-corrected chi connectivity index (χ4v) is 4.39. The molecule has 0 aliphatic rings. The fraction of sp³-hybridized carbons (Fsp3) is 0.361. The van der Waals surface area contributed by atoms with Gasteiger partial charge in [0.05, 0.1) is 13.2 Å². The van der Waals surface area contributed by atoms with Crippen LogP contribution in [0.3, 0.4) is 0 Å². The third-order valence-corrected chi connectivity index (χ3v) is 6.86. The average molecular weight is 543 g/mol. The molecule has 3 rings (SSSR count).